The Balaban J connectivity index is 1.52. The largest absolute Gasteiger partial charge is 0.490 e. The van der Waals surface area contributed by atoms with E-state index in [1.165, 1.54) is 0 Å². The summed E-state index contributed by atoms with van der Waals surface area (Å²) < 4.78 is 12.3. The SMILES string of the molecule is N[C@H]1CC[C@@H](Oc2ccc3cncc(-c4cc5ccccc5o4)c3c2)CC1. The summed E-state index contributed by atoms with van der Waals surface area (Å²) in [6.45, 7) is 0. The summed E-state index contributed by atoms with van der Waals surface area (Å²) >= 11 is 0. The molecule has 4 aromatic rings. The van der Waals surface area contributed by atoms with Crippen LogP contribution in [0, 0.1) is 0 Å². The van der Waals surface area contributed by atoms with E-state index in [0.29, 0.717) is 6.04 Å². The molecule has 2 heterocycles. The maximum atomic E-state index is 6.25. The van der Waals surface area contributed by atoms with Crippen molar-refractivity contribution < 1.29 is 9.15 Å². The Kier molecular flexibility index (Phi) is 4.06. The molecule has 4 heteroatoms. The van der Waals surface area contributed by atoms with Gasteiger partial charge in [-0.05, 0) is 61.4 Å². The number of rotatable bonds is 3. The van der Waals surface area contributed by atoms with Gasteiger partial charge in [0, 0.05) is 34.8 Å². The number of hydrogen-bond acceptors (Lipinski definition) is 4. The second kappa shape index (κ2) is 6.71. The fraction of sp³-hybridized carbons (Fsp3) is 0.261. The van der Waals surface area contributed by atoms with Gasteiger partial charge in [-0.2, -0.15) is 0 Å². The van der Waals surface area contributed by atoms with Crippen LogP contribution in [0.1, 0.15) is 25.7 Å². The minimum Gasteiger partial charge on any atom is -0.490 e. The Hall–Kier alpha value is -2.85. The van der Waals surface area contributed by atoms with E-state index >= 15 is 0 Å². The molecule has 1 aliphatic rings. The van der Waals surface area contributed by atoms with E-state index in [-0.39, 0.29) is 6.10 Å². The quantitative estimate of drug-likeness (QED) is 0.540. The van der Waals surface area contributed by atoms with Crippen LogP contribution in [0.25, 0.3) is 33.1 Å². The van der Waals surface area contributed by atoms with E-state index in [9.17, 15) is 0 Å². The van der Waals surface area contributed by atoms with E-state index in [2.05, 4.69) is 29.2 Å². The number of para-hydroxylation sites is 1. The lowest BCUT2D eigenvalue weighted by Gasteiger charge is -2.26. The van der Waals surface area contributed by atoms with Crippen molar-refractivity contribution in [1.29, 1.82) is 0 Å². The summed E-state index contributed by atoms with van der Waals surface area (Å²) in [6, 6.07) is 16.6. The average Bonchev–Trinajstić information content (AvgIpc) is 3.13. The summed E-state index contributed by atoms with van der Waals surface area (Å²) in [6.07, 6.45) is 8.10. The third-order valence-electron chi connectivity index (χ3n) is 5.44. The number of ether oxygens (including phenoxy) is 1. The van der Waals surface area contributed by atoms with Gasteiger partial charge in [-0.25, -0.2) is 0 Å². The van der Waals surface area contributed by atoms with Crippen LogP contribution in [-0.4, -0.2) is 17.1 Å². The molecule has 0 saturated heterocycles. The lowest BCUT2D eigenvalue weighted by Crippen LogP contribution is -2.31. The Morgan fingerprint density at radius 2 is 1.78 bits per heavy atom. The molecule has 136 valence electrons. The van der Waals surface area contributed by atoms with Gasteiger partial charge in [0.05, 0.1) is 6.10 Å². The Bertz CT molecular complexity index is 1060. The van der Waals surface area contributed by atoms with Crippen molar-refractivity contribution in [3.8, 4) is 17.1 Å². The number of furan rings is 1. The maximum absolute atomic E-state index is 6.25. The second-order valence-corrected chi connectivity index (χ2v) is 7.37. The maximum Gasteiger partial charge on any atom is 0.137 e. The van der Waals surface area contributed by atoms with Gasteiger partial charge >= 0.3 is 0 Å². The van der Waals surface area contributed by atoms with Crippen LogP contribution in [0.3, 0.4) is 0 Å². The third-order valence-corrected chi connectivity index (χ3v) is 5.44. The zero-order chi connectivity index (χ0) is 18.2. The van der Waals surface area contributed by atoms with Gasteiger partial charge in [0.1, 0.15) is 17.1 Å². The first-order valence-electron chi connectivity index (χ1n) is 9.55. The molecule has 1 fully saturated rings. The number of hydrogen-bond donors (Lipinski definition) is 1. The molecule has 1 saturated carbocycles. The van der Waals surface area contributed by atoms with Crippen LogP contribution in [-0.2, 0) is 0 Å². The fourth-order valence-electron chi connectivity index (χ4n) is 3.93. The van der Waals surface area contributed by atoms with Crippen LogP contribution in [0.4, 0.5) is 0 Å². The highest BCUT2D eigenvalue weighted by Crippen LogP contribution is 2.34. The second-order valence-electron chi connectivity index (χ2n) is 7.37. The molecule has 2 aromatic heterocycles. The number of benzene rings is 2. The smallest absolute Gasteiger partial charge is 0.137 e. The molecule has 0 aliphatic heterocycles. The Morgan fingerprint density at radius 3 is 2.63 bits per heavy atom. The van der Waals surface area contributed by atoms with Gasteiger partial charge in [0.2, 0.25) is 0 Å². The van der Waals surface area contributed by atoms with Crippen LogP contribution >= 0.6 is 0 Å². The monoisotopic (exact) mass is 358 g/mol. The van der Waals surface area contributed by atoms with E-state index in [0.717, 1.165) is 64.5 Å². The number of fused-ring (bicyclic) bond motifs is 2. The number of aromatic nitrogens is 1. The highest BCUT2D eigenvalue weighted by atomic mass is 16.5. The van der Waals surface area contributed by atoms with Crippen molar-refractivity contribution in [2.45, 2.75) is 37.8 Å². The fourth-order valence-corrected chi connectivity index (χ4v) is 3.93. The minimum absolute atomic E-state index is 0.249. The predicted octanol–water partition coefficient (Wildman–Crippen LogP) is 5.30. The van der Waals surface area contributed by atoms with E-state index in [1.54, 1.807) is 0 Å². The molecule has 27 heavy (non-hydrogen) atoms. The van der Waals surface area contributed by atoms with Crippen LogP contribution in [0.15, 0.2) is 65.3 Å². The first kappa shape index (κ1) is 16.3. The molecule has 0 radical (unpaired) electrons. The summed E-state index contributed by atoms with van der Waals surface area (Å²) in [7, 11) is 0. The summed E-state index contributed by atoms with van der Waals surface area (Å²) in [4.78, 5) is 4.40. The van der Waals surface area contributed by atoms with E-state index in [1.807, 2.05) is 36.7 Å². The molecule has 5 rings (SSSR count). The first-order chi connectivity index (χ1) is 13.3. The zero-order valence-corrected chi connectivity index (χ0v) is 15.1. The molecule has 2 aromatic carbocycles. The third kappa shape index (κ3) is 3.17. The molecular weight excluding hydrogens is 336 g/mol. The minimum atomic E-state index is 0.249. The molecular formula is C23H22N2O2. The van der Waals surface area contributed by atoms with Crippen molar-refractivity contribution >= 4 is 21.7 Å². The predicted molar refractivity (Wildman–Crippen MR) is 108 cm³/mol. The van der Waals surface area contributed by atoms with Crippen molar-refractivity contribution in [2.24, 2.45) is 5.73 Å². The molecule has 0 spiro atoms. The molecule has 0 bridgehead atoms. The molecule has 1 aliphatic carbocycles. The van der Waals surface area contributed by atoms with Gasteiger partial charge < -0.3 is 14.9 Å². The Morgan fingerprint density at radius 1 is 0.926 bits per heavy atom. The zero-order valence-electron chi connectivity index (χ0n) is 15.1. The topological polar surface area (TPSA) is 61.3 Å². The first-order valence-corrected chi connectivity index (χ1v) is 9.55. The highest BCUT2D eigenvalue weighted by Gasteiger charge is 2.20. The van der Waals surface area contributed by atoms with Crippen molar-refractivity contribution in [1.82, 2.24) is 4.98 Å². The summed E-state index contributed by atoms with van der Waals surface area (Å²) in [5, 5.41) is 3.26. The van der Waals surface area contributed by atoms with Crippen LogP contribution in [0.5, 0.6) is 5.75 Å². The highest BCUT2D eigenvalue weighted by molar-refractivity contribution is 5.97. The average molecular weight is 358 g/mol. The van der Waals surface area contributed by atoms with Crippen molar-refractivity contribution in [3.05, 3.63) is 60.9 Å². The van der Waals surface area contributed by atoms with E-state index in [4.69, 9.17) is 14.9 Å². The van der Waals surface area contributed by atoms with Gasteiger partial charge in [-0.15, -0.1) is 0 Å². The molecule has 2 N–H and O–H groups in total. The van der Waals surface area contributed by atoms with Gasteiger partial charge in [-0.3, -0.25) is 4.98 Å². The normalized spacial score (nSPS) is 20.2. The van der Waals surface area contributed by atoms with Gasteiger partial charge in [-0.1, -0.05) is 18.2 Å². The van der Waals surface area contributed by atoms with Gasteiger partial charge in [0.15, 0.2) is 0 Å². The number of nitrogens with two attached hydrogens (primary N) is 1. The van der Waals surface area contributed by atoms with Crippen LogP contribution in [0.2, 0.25) is 0 Å². The summed E-state index contributed by atoms with van der Waals surface area (Å²) in [5.41, 5.74) is 7.88. The van der Waals surface area contributed by atoms with Crippen LogP contribution < -0.4 is 10.5 Å². The molecule has 0 amide bonds. The van der Waals surface area contributed by atoms with Gasteiger partial charge in [0.25, 0.3) is 0 Å². The number of nitrogens with zero attached hydrogens (tertiary/aromatic N) is 1. The lowest BCUT2D eigenvalue weighted by atomic mass is 9.93. The molecule has 0 unspecified atom stereocenters. The molecule has 4 nitrogen and oxygen atoms in total. The summed E-state index contributed by atoms with van der Waals surface area (Å²) in [5.74, 6) is 1.72. The standard InChI is InChI=1S/C23H22N2O2/c24-17-6-9-18(10-7-17)26-19-8-5-16-13-25-14-21(20(16)12-19)23-11-15-3-1-2-4-22(15)27-23/h1-5,8,11-14,17-18H,6-7,9-10,24H2/t17-,18+. The lowest BCUT2D eigenvalue weighted by molar-refractivity contribution is 0.147. The molecule has 0 atom stereocenters. The van der Waals surface area contributed by atoms with Crippen molar-refractivity contribution in [2.75, 3.05) is 0 Å². The van der Waals surface area contributed by atoms with Crippen molar-refractivity contribution in [3.63, 3.8) is 0 Å². The van der Waals surface area contributed by atoms with E-state index < -0.39 is 0 Å². The number of pyridine rings is 1. The Labute approximate surface area is 158 Å².